The van der Waals surface area contributed by atoms with Gasteiger partial charge in [-0.25, -0.2) is 0 Å². The van der Waals surface area contributed by atoms with Crippen LogP contribution in [0.4, 0.5) is 5.69 Å². The van der Waals surface area contributed by atoms with Crippen molar-refractivity contribution in [3.63, 3.8) is 0 Å². The zero-order valence-electron chi connectivity index (χ0n) is 23.7. The Morgan fingerprint density at radius 3 is 1.47 bits per heavy atom. The molecule has 0 spiro atoms. The van der Waals surface area contributed by atoms with Gasteiger partial charge in [0.2, 0.25) is 0 Å². The molecule has 3 heteroatoms. The van der Waals surface area contributed by atoms with Gasteiger partial charge in [-0.2, -0.15) is 0 Å². The molecule has 0 radical (unpaired) electrons. The number of nitrogens with one attached hydrogen (secondary N) is 1. The summed E-state index contributed by atoms with van der Waals surface area (Å²) >= 11 is 0. The van der Waals surface area contributed by atoms with Crippen molar-refractivity contribution in [1.29, 1.82) is 5.41 Å². The number of guanidine groups is 1. The Hall–Kier alpha value is -3.59. The van der Waals surface area contributed by atoms with Crippen LogP contribution in [0.3, 0.4) is 0 Å². The first-order valence-corrected chi connectivity index (χ1v) is 13.2. The van der Waals surface area contributed by atoms with E-state index in [9.17, 15) is 0 Å². The fourth-order valence-electron chi connectivity index (χ4n) is 4.01. The molecule has 0 saturated carbocycles. The van der Waals surface area contributed by atoms with Crippen molar-refractivity contribution < 1.29 is 0 Å². The highest BCUT2D eigenvalue weighted by atomic mass is 15.4. The van der Waals surface area contributed by atoms with Crippen LogP contribution < -0.4 is 4.90 Å². The number of anilines is 1. The Balaban J connectivity index is 0.000000340. The Morgan fingerprint density at radius 2 is 1.00 bits per heavy atom. The van der Waals surface area contributed by atoms with Crippen LogP contribution in [0.25, 0.3) is 21.9 Å². The summed E-state index contributed by atoms with van der Waals surface area (Å²) in [7, 11) is 3.83. The third-order valence-corrected chi connectivity index (χ3v) is 5.56. The van der Waals surface area contributed by atoms with Gasteiger partial charge in [0.1, 0.15) is 0 Å². The molecule has 0 aliphatic carbocycles. The van der Waals surface area contributed by atoms with Crippen LogP contribution in [0.15, 0.2) is 97.1 Å². The molecule has 5 rings (SSSR count). The Bertz CT molecular complexity index is 1110. The molecule has 192 valence electrons. The molecule has 1 heterocycles. The SMILES string of the molecule is CC.CC.CC.CC1c2ccccc2-c2ccccc2N1C(=N)N(C)C.c1ccc2ccccc2c1. The summed E-state index contributed by atoms with van der Waals surface area (Å²) in [6.45, 7) is 14.2. The van der Waals surface area contributed by atoms with E-state index in [0.717, 1.165) is 5.69 Å². The lowest BCUT2D eigenvalue weighted by molar-refractivity contribution is 0.580. The molecule has 3 nitrogen and oxygen atoms in total. The predicted molar refractivity (Wildman–Crippen MR) is 162 cm³/mol. The van der Waals surface area contributed by atoms with Crippen LogP contribution in [-0.2, 0) is 0 Å². The highest BCUT2D eigenvalue weighted by Gasteiger charge is 2.30. The first kappa shape index (κ1) is 30.4. The lowest BCUT2D eigenvalue weighted by atomic mass is 9.89. The molecule has 1 atom stereocenters. The maximum Gasteiger partial charge on any atom is 0.198 e. The van der Waals surface area contributed by atoms with E-state index in [4.69, 9.17) is 5.41 Å². The minimum atomic E-state index is 0.163. The van der Waals surface area contributed by atoms with E-state index >= 15 is 0 Å². The normalized spacial score (nSPS) is 12.4. The van der Waals surface area contributed by atoms with E-state index in [-0.39, 0.29) is 6.04 Å². The summed E-state index contributed by atoms with van der Waals surface area (Å²) in [6, 6.07) is 33.7. The molecular formula is C33H45N3. The van der Waals surface area contributed by atoms with E-state index in [1.165, 1.54) is 27.5 Å². The molecule has 1 N–H and O–H groups in total. The van der Waals surface area contributed by atoms with Crippen LogP contribution in [0.1, 0.15) is 60.1 Å². The number of nitrogens with zero attached hydrogens (tertiary/aromatic N) is 2. The zero-order chi connectivity index (χ0) is 27.1. The highest BCUT2D eigenvalue weighted by molar-refractivity contribution is 6.01. The minimum absolute atomic E-state index is 0.163. The molecule has 1 unspecified atom stereocenters. The van der Waals surface area contributed by atoms with Gasteiger partial charge in [0.15, 0.2) is 5.96 Å². The summed E-state index contributed by atoms with van der Waals surface area (Å²) in [5.41, 5.74) is 4.86. The van der Waals surface area contributed by atoms with Gasteiger partial charge in [0.25, 0.3) is 0 Å². The van der Waals surface area contributed by atoms with Gasteiger partial charge in [-0.15, -0.1) is 0 Å². The smallest absolute Gasteiger partial charge is 0.198 e. The first-order chi connectivity index (χ1) is 17.6. The van der Waals surface area contributed by atoms with E-state index in [0.29, 0.717) is 5.96 Å². The monoisotopic (exact) mass is 483 g/mol. The average Bonchev–Trinajstić information content (AvgIpc) is 2.97. The lowest BCUT2D eigenvalue weighted by Gasteiger charge is -2.40. The average molecular weight is 484 g/mol. The number of hydrogen-bond acceptors (Lipinski definition) is 1. The number of hydrogen-bond donors (Lipinski definition) is 1. The van der Waals surface area contributed by atoms with Crippen LogP contribution in [0.5, 0.6) is 0 Å². The number of para-hydroxylation sites is 1. The summed E-state index contributed by atoms with van der Waals surface area (Å²) in [4.78, 5) is 3.94. The van der Waals surface area contributed by atoms with Crippen LogP contribution in [0.2, 0.25) is 0 Å². The van der Waals surface area contributed by atoms with Crippen molar-refractivity contribution in [2.24, 2.45) is 0 Å². The largest absolute Gasteiger partial charge is 0.349 e. The van der Waals surface area contributed by atoms with Gasteiger partial charge in [-0.1, -0.05) is 133 Å². The maximum atomic E-state index is 8.39. The summed E-state index contributed by atoms with van der Waals surface area (Å²) < 4.78 is 0. The number of fused-ring (bicyclic) bond motifs is 4. The second-order valence-corrected chi connectivity index (χ2v) is 7.72. The fourth-order valence-corrected chi connectivity index (χ4v) is 4.01. The lowest BCUT2D eigenvalue weighted by Crippen LogP contribution is -2.43. The Kier molecular flexibility index (Phi) is 13.7. The third kappa shape index (κ3) is 7.21. The molecule has 4 aromatic carbocycles. The number of rotatable bonds is 0. The Morgan fingerprint density at radius 1 is 0.611 bits per heavy atom. The van der Waals surface area contributed by atoms with Crippen molar-refractivity contribution in [1.82, 2.24) is 4.90 Å². The third-order valence-electron chi connectivity index (χ3n) is 5.56. The molecule has 0 bridgehead atoms. The number of benzene rings is 4. The molecule has 1 aliphatic heterocycles. The first-order valence-electron chi connectivity index (χ1n) is 13.2. The molecule has 0 saturated heterocycles. The topological polar surface area (TPSA) is 30.3 Å². The van der Waals surface area contributed by atoms with Crippen LogP contribution in [0, 0.1) is 5.41 Å². The fraction of sp³-hybridized carbons (Fsp3) is 0.303. The molecule has 1 aliphatic rings. The van der Waals surface area contributed by atoms with Gasteiger partial charge in [-0.3, -0.25) is 5.41 Å². The summed E-state index contributed by atoms with van der Waals surface area (Å²) in [5, 5.41) is 11.0. The quantitative estimate of drug-likeness (QED) is 0.199. The van der Waals surface area contributed by atoms with Gasteiger partial charge in [0.05, 0.1) is 11.7 Å². The predicted octanol–water partition coefficient (Wildman–Crippen LogP) is 9.65. The van der Waals surface area contributed by atoms with E-state index in [1.807, 2.05) is 66.6 Å². The van der Waals surface area contributed by atoms with Crippen molar-refractivity contribution in [2.75, 3.05) is 19.0 Å². The molecule has 4 aromatic rings. The highest BCUT2D eigenvalue weighted by Crippen LogP contribution is 2.44. The summed E-state index contributed by atoms with van der Waals surface area (Å²) in [5.74, 6) is 0.513. The van der Waals surface area contributed by atoms with Gasteiger partial charge >= 0.3 is 0 Å². The molecule has 0 fully saturated rings. The van der Waals surface area contributed by atoms with Crippen molar-refractivity contribution in [3.05, 3.63) is 103 Å². The maximum absolute atomic E-state index is 8.39. The Labute approximate surface area is 219 Å². The van der Waals surface area contributed by atoms with Crippen molar-refractivity contribution in [3.8, 4) is 11.1 Å². The summed E-state index contributed by atoms with van der Waals surface area (Å²) in [6.07, 6.45) is 0. The minimum Gasteiger partial charge on any atom is -0.349 e. The molecular weight excluding hydrogens is 438 g/mol. The van der Waals surface area contributed by atoms with Crippen LogP contribution in [-0.4, -0.2) is 25.0 Å². The second kappa shape index (κ2) is 16.1. The molecule has 0 aromatic heterocycles. The van der Waals surface area contributed by atoms with Gasteiger partial charge < -0.3 is 9.80 Å². The van der Waals surface area contributed by atoms with E-state index in [2.05, 4.69) is 103 Å². The van der Waals surface area contributed by atoms with Crippen molar-refractivity contribution in [2.45, 2.75) is 54.5 Å². The zero-order valence-corrected chi connectivity index (χ0v) is 23.7. The van der Waals surface area contributed by atoms with Gasteiger partial charge in [0, 0.05) is 19.7 Å². The van der Waals surface area contributed by atoms with E-state index in [1.54, 1.807) is 0 Å². The van der Waals surface area contributed by atoms with E-state index < -0.39 is 0 Å². The van der Waals surface area contributed by atoms with Crippen LogP contribution >= 0.6 is 0 Å². The van der Waals surface area contributed by atoms with Gasteiger partial charge in [-0.05, 0) is 34.9 Å². The standard InChI is InChI=1S/C17H19N3.C10H8.3C2H6/c1-12-13-8-4-5-9-14(13)15-10-6-7-11-16(15)20(12)17(18)19(2)3;1-2-6-10-8-4-3-7-9(10)5-1;3*1-2/h4-12,18H,1-3H3;1-8H;3*1-2H3. The molecule has 36 heavy (non-hydrogen) atoms. The second-order valence-electron chi connectivity index (χ2n) is 7.72. The van der Waals surface area contributed by atoms with Crippen molar-refractivity contribution >= 4 is 22.4 Å². The molecule has 0 amide bonds.